The zero-order valence-corrected chi connectivity index (χ0v) is 7.29. The molecule has 0 fully saturated rings. The van der Waals surface area contributed by atoms with E-state index >= 15 is 0 Å². The molecule has 0 atom stereocenters. The molecule has 0 radical (unpaired) electrons. The standard InChI is InChI=1S/C9H10FN3/c1-13-6-11-12-9(13)7-2-4-8(10)5-3-7/h2-5,11H,6H2,1H3. The predicted octanol–water partition coefficient (Wildman–Crippen LogP) is 0.980. The Hall–Kier alpha value is -1.58. The number of hydrogen-bond donors (Lipinski definition) is 1. The van der Waals surface area contributed by atoms with Crippen molar-refractivity contribution < 1.29 is 4.39 Å². The molecule has 3 nitrogen and oxygen atoms in total. The molecule has 13 heavy (non-hydrogen) atoms. The summed E-state index contributed by atoms with van der Waals surface area (Å²) in [5.74, 6) is 0.623. The van der Waals surface area contributed by atoms with Gasteiger partial charge in [-0.3, -0.25) is 5.43 Å². The Bertz CT molecular complexity index is 331. The van der Waals surface area contributed by atoms with E-state index in [0.717, 1.165) is 11.4 Å². The quantitative estimate of drug-likeness (QED) is 0.696. The van der Waals surface area contributed by atoms with Gasteiger partial charge in [0, 0.05) is 12.6 Å². The van der Waals surface area contributed by atoms with Crippen LogP contribution in [-0.2, 0) is 0 Å². The van der Waals surface area contributed by atoms with Gasteiger partial charge >= 0.3 is 0 Å². The van der Waals surface area contributed by atoms with Gasteiger partial charge in [-0.2, -0.15) is 5.10 Å². The molecule has 0 amide bonds. The van der Waals surface area contributed by atoms with Crippen molar-refractivity contribution in [2.24, 2.45) is 5.10 Å². The van der Waals surface area contributed by atoms with E-state index in [1.54, 1.807) is 12.1 Å². The zero-order chi connectivity index (χ0) is 9.26. The maximum Gasteiger partial charge on any atom is 0.156 e. The average Bonchev–Trinajstić information content (AvgIpc) is 2.53. The van der Waals surface area contributed by atoms with Crippen molar-refractivity contribution >= 4 is 5.84 Å². The van der Waals surface area contributed by atoms with Crippen LogP contribution in [0.15, 0.2) is 29.4 Å². The molecule has 1 N–H and O–H groups in total. The highest BCUT2D eigenvalue weighted by atomic mass is 19.1. The van der Waals surface area contributed by atoms with Crippen LogP contribution in [0.5, 0.6) is 0 Å². The molecule has 0 saturated carbocycles. The third-order valence-corrected chi connectivity index (χ3v) is 1.96. The normalized spacial score (nSPS) is 15.5. The van der Waals surface area contributed by atoms with Gasteiger partial charge in [-0.1, -0.05) is 0 Å². The number of benzene rings is 1. The second kappa shape index (κ2) is 3.05. The van der Waals surface area contributed by atoms with E-state index in [0.29, 0.717) is 6.67 Å². The zero-order valence-electron chi connectivity index (χ0n) is 7.29. The first-order valence-corrected chi connectivity index (χ1v) is 4.05. The molecule has 1 aromatic carbocycles. The summed E-state index contributed by atoms with van der Waals surface area (Å²) in [6.45, 7) is 0.701. The van der Waals surface area contributed by atoms with Crippen LogP contribution >= 0.6 is 0 Å². The number of amidine groups is 1. The van der Waals surface area contributed by atoms with Crippen LogP contribution in [0.1, 0.15) is 5.56 Å². The number of nitrogens with zero attached hydrogens (tertiary/aromatic N) is 2. The lowest BCUT2D eigenvalue weighted by molar-refractivity contribution is 0.506. The van der Waals surface area contributed by atoms with Crippen molar-refractivity contribution in [2.45, 2.75) is 0 Å². The van der Waals surface area contributed by atoms with E-state index in [4.69, 9.17) is 0 Å². The number of hydrogen-bond acceptors (Lipinski definition) is 3. The Kier molecular flexibility index (Phi) is 1.88. The summed E-state index contributed by atoms with van der Waals surface area (Å²) in [5, 5.41) is 4.09. The summed E-state index contributed by atoms with van der Waals surface area (Å²) >= 11 is 0. The average molecular weight is 179 g/mol. The van der Waals surface area contributed by atoms with Crippen LogP contribution in [0.3, 0.4) is 0 Å². The predicted molar refractivity (Wildman–Crippen MR) is 48.7 cm³/mol. The van der Waals surface area contributed by atoms with Crippen LogP contribution < -0.4 is 5.43 Å². The first-order valence-electron chi connectivity index (χ1n) is 4.05. The van der Waals surface area contributed by atoms with Gasteiger partial charge in [-0.15, -0.1) is 0 Å². The fraction of sp³-hybridized carbons (Fsp3) is 0.222. The summed E-state index contributed by atoms with van der Waals surface area (Å²) in [5.41, 5.74) is 3.78. The molecule has 0 spiro atoms. The number of hydrazone groups is 1. The Balaban J connectivity index is 2.30. The Morgan fingerprint density at radius 1 is 1.38 bits per heavy atom. The second-order valence-electron chi connectivity index (χ2n) is 2.96. The van der Waals surface area contributed by atoms with Gasteiger partial charge in [0.25, 0.3) is 0 Å². The second-order valence-corrected chi connectivity index (χ2v) is 2.96. The fourth-order valence-electron chi connectivity index (χ4n) is 1.26. The van der Waals surface area contributed by atoms with Crippen molar-refractivity contribution in [3.63, 3.8) is 0 Å². The van der Waals surface area contributed by atoms with Gasteiger partial charge in [0.2, 0.25) is 0 Å². The van der Waals surface area contributed by atoms with Gasteiger partial charge in [0.15, 0.2) is 5.84 Å². The highest BCUT2D eigenvalue weighted by Gasteiger charge is 2.13. The maximum atomic E-state index is 12.6. The number of nitrogens with one attached hydrogen (secondary N) is 1. The maximum absolute atomic E-state index is 12.6. The van der Waals surface area contributed by atoms with Crippen molar-refractivity contribution in [3.05, 3.63) is 35.6 Å². The van der Waals surface area contributed by atoms with Gasteiger partial charge in [0.05, 0.1) is 0 Å². The molecule has 0 aromatic heterocycles. The van der Waals surface area contributed by atoms with Crippen molar-refractivity contribution in [2.75, 3.05) is 13.7 Å². The molecule has 68 valence electrons. The van der Waals surface area contributed by atoms with Crippen LogP contribution in [-0.4, -0.2) is 24.5 Å². The first kappa shape index (κ1) is 8.04. The number of halogens is 1. The summed E-state index contributed by atoms with van der Waals surface area (Å²) < 4.78 is 12.6. The minimum Gasteiger partial charge on any atom is -0.339 e. The van der Waals surface area contributed by atoms with E-state index in [1.807, 2.05) is 11.9 Å². The molecule has 1 heterocycles. The van der Waals surface area contributed by atoms with Crippen molar-refractivity contribution in [1.29, 1.82) is 0 Å². The van der Waals surface area contributed by atoms with Gasteiger partial charge in [-0.05, 0) is 24.3 Å². The van der Waals surface area contributed by atoms with Crippen LogP contribution in [0.4, 0.5) is 4.39 Å². The lowest BCUT2D eigenvalue weighted by atomic mass is 10.2. The molecule has 1 aromatic rings. The first-order chi connectivity index (χ1) is 6.27. The molecule has 0 saturated heterocycles. The third-order valence-electron chi connectivity index (χ3n) is 1.96. The lowest BCUT2D eigenvalue weighted by Gasteiger charge is -2.11. The Morgan fingerprint density at radius 3 is 2.62 bits per heavy atom. The van der Waals surface area contributed by atoms with Gasteiger partial charge < -0.3 is 4.90 Å². The van der Waals surface area contributed by atoms with Crippen LogP contribution in [0.2, 0.25) is 0 Å². The molecule has 1 aliphatic rings. The van der Waals surface area contributed by atoms with E-state index < -0.39 is 0 Å². The molecular weight excluding hydrogens is 169 g/mol. The molecule has 0 aliphatic carbocycles. The largest absolute Gasteiger partial charge is 0.339 e. The van der Waals surface area contributed by atoms with Crippen LogP contribution in [0.25, 0.3) is 0 Å². The Labute approximate surface area is 75.9 Å². The molecule has 0 unspecified atom stereocenters. The van der Waals surface area contributed by atoms with Crippen LogP contribution in [0, 0.1) is 5.82 Å². The van der Waals surface area contributed by atoms with E-state index in [2.05, 4.69) is 10.5 Å². The smallest absolute Gasteiger partial charge is 0.156 e. The van der Waals surface area contributed by atoms with E-state index in [9.17, 15) is 4.39 Å². The highest BCUT2D eigenvalue weighted by molar-refractivity contribution is 5.99. The molecule has 1 aliphatic heterocycles. The summed E-state index contributed by atoms with van der Waals surface area (Å²) in [6, 6.07) is 6.31. The fourth-order valence-corrected chi connectivity index (χ4v) is 1.26. The van der Waals surface area contributed by atoms with Crippen molar-refractivity contribution in [1.82, 2.24) is 10.3 Å². The third kappa shape index (κ3) is 1.47. The summed E-state index contributed by atoms with van der Waals surface area (Å²) in [6.07, 6.45) is 0. The minimum absolute atomic E-state index is 0.224. The molecule has 2 rings (SSSR count). The van der Waals surface area contributed by atoms with Gasteiger partial charge in [-0.25, -0.2) is 4.39 Å². The summed E-state index contributed by atoms with van der Waals surface area (Å²) in [4.78, 5) is 1.97. The van der Waals surface area contributed by atoms with E-state index in [-0.39, 0.29) is 5.82 Å². The monoisotopic (exact) mass is 179 g/mol. The Morgan fingerprint density at radius 2 is 2.08 bits per heavy atom. The lowest BCUT2D eigenvalue weighted by Crippen LogP contribution is -2.25. The van der Waals surface area contributed by atoms with E-state index in [1.165, 1.54) is 12.1 Å². The number of rotatable bonds is 1. The minimum atomic E-state index is -0.224. The topological polar surface area (TPSA) is 27.6 Å². The van der Waals surface area contributed by atoms with Crippen molar-refractivity contribution in [3.8, 4) is 0 Å². The molecular formula is C9H10FN3. The SMILES string of the molecule is CN1CNN=C1c1ccc(F)cc1. The molecule has 4 heteroatoms. The van der Waals surface area contributed by atoms with Gasteiger partial charge in [0.1, 0.15) is 12.5 Å². The summed E-state index contributed by atoms with van der Waals surface area (Å²) in [7, 11) is 1.93. The molecule has 0 bridgehead atoms. The highest BCUT2D eigenvalue weighted by Crippen LogP contribution is 2.08.